The minimum absolute atomic E-state index is 0.361. The van der Waals surface area contributed by atoms with Crippen molar-refractivity contribution in [1.82, 2.24) is 39.1 Å². The minimum atomic E-state index is -0.445. The van der Waals surface area contributed by atoms with Gasteiger partial charge in [0.05, 0.1) is 60.3 Å². The lowest BCUT2D eigenvalue weighted by atomic mass is 9.48. The molecule has 0 radical (unpaired) electrons. The minimum Gasteiger partial charge on any atom is -0.390 e. The van der Waals surface area contributed by atoms with Gasteiger partial charge in [-0.3, -0.25) is 18.7 Å². The number of nitriles is 1. The molecule has 648 valence electrons. The highest BCUT2D eigenvalue weighted by Gasteiger charge is 2.64. The molecule has 0 aliphatic heterocycles. The van der Waals surface area contributed by atoms with Gasteiger partial charge >= 0.3 is 0 Å². The lowest BCUT2D eigenvalue weighted by molar-refractivity contribution is -0.121. The fourth-order valence-electron chi connectivity index (χ4n) is 34.7. The van der Waals surface area contributed by atoms with Crippen LogP contribution >= 0.6 is 0 Å². The average Bonchev–Trinajstić information content (AvgIpc) is 1.23. The van der Waals surface area contributed by atoms with Gasteiger partial charge in [0.25, 0.3) is 0 Å². The number of hydrogen-bond acceptors (Lipinski definition) is 9. The van der Waals surface area contributed by atoms with Crippen LogP contribution in [0.25, 0.3) is 0 Å². The Balaban J connectivity index is 0.000000113. The number of aliphatic hydroxyl groups is 4. The molecule has 16 saturated carbocycles. The maximum atomic E-state index is 10.9. The largest absolute Gasteiger partial charge is 0.390 e. The van der Waals surface area contributed by atoms with E-state index in [-0.39, 0.29) is 11.2 Å². The second-order valence-corrected chi connectivity index (χ2v) is 46.3. The summed E-state index contributed by atoms with van der Waals surface area (Å²) in [5.74, 6) is 20.6. The van der Waals surface area contributed by atoms with Crippen molar-refractivity contribution in [3.05, 3.63) is 122 Å². The molecule has 0 unspecified atom stereocenters. The molecule has 4 N–H and O–H groups in total. The summed E-state index contributed by atoms with van der Waals surface area (Å²) in [6.07, 6.45) is 61.2. The molecule has 16 aliphatic carbocycles. The topological polar surface area (TPSA) is 176 Å². The molecule has 0 amide bonds. The number of allylic oxidation sites excluding steroid dienone is 4. The van der Waals surface area contributed by atoms with E-state index in [1.165, 1.54) is 202 Å². The van der Waals surface area contributed by atoms with Crippen molar-refractivity contribution in [1.29, 1.82) is 5.26 Å². The van der Waals surface area contributed by atoms with Crippen molar-refractivity contribution in [3.63, 3.8) is 0 Å². The number of nitrogens with zero attached hydrogens (tertiary/aromatic N) is 9. The molecule has 16 aliphatic rings. The molecule has 4 aromatic heterocycles. The molecule has 4 aromatic rings. The van der Waals surface area contributed by atoms with E-state index in [9.17, 15) is 20.4 Å². The highest BCUT2D eigenvalue weighted by atomic mass is 16.3. The third kappa shape index (κ3) is 15.7. The first-order valence-electron chi connectivity index (χ1n) is 49.3. The van der Waals surface area contributed by atoms with E-state index in [0.717, 1.165) is 196 Å². The quantitative estimate of drug-likeness (QED) is 0.0895. The average molecular weight is 1610 g/mol. The van der Waals surface area contributed by atoms with Gasteiger partial charge in [0.15, 0.2) is 0 Å². The van der Waals surface area contributed by atoms with Gasteiger partial charge in [-0.2, -0.15) is 25.7 Å². The monoisotopic (exact) mass is 1610 g/mol. The van der Waals surface area contributed by atoms with Crippen LogP contribution in [0.2, 0.25) is 0 Å². The Hall–Kier alpha value is -4.87. The van der Waals surface area contributed by atoms with Gasteiger partial charge in [0, 0.05) is 43.4 Å². The fraction of sp³-hybridized carbons (Fsp3) is 0.800. The van der Waals surface area contributed by atoms with E-state index >= 15 is 0 Å². The zero-order valence-electron chi connectivity index (χ0n) is 75.3. The Morgan fingerprint density at radius 1 is 0.373 bits per heavy atom. The summed E-state index contributed by atoms with van der Waals surface area (Å²) in [5, 5.41) is 70.2. The number of fused-ring (bicyclic) bond motifs is 20. The molecule has 0 saturated heterocycles. The van der Waals surface area contributed by atoms with Crippen LogP contribution < -0.4 is 0 Å². The first kappa shape index (κ1) is 85.3. The zero-order chi connectivity index (χ0) is 82.8. The van der Waals surface area contributed by atoms with Crippen molar-refractivity contribution < 1.29 is 20.4 Å². The van der Waals surface area contributed by atoms with Gasteiger partial charge in [-0.25, -0.2) is 0 Å². The number of aromatic nitrogens is 8. The lowest BCUT2D eigenvalue weighted by Crippen LogP contribution is -2.52. The standard InChI is InChI=1S/C27H39N3O.3C26H40N2O/c1-4-27(31)12-10-21-20(13-27)5-6-23-22(21)9-11-26(3)24(7-8-25(23)26)18(2)16-30-17-19(14-28)15-29-30;2*1-17(16-28-13-5-12-27-28)23-8-9-24-21-7-6-19-15-26(4,29)18(2)14-22(19)20(21)10-11-25(23,24)3;1-4-26(29)13-11-20-19(16-26)6-7-22-21(20)10-12-25(3)23(8-9-24(22)25)18(2)17-28-15-5-14-27-28/h15,17,20-25,31H,2,4-13,16H2,1,3H3;2*5,12-13,18-24,29H,1,6-11,14-16H2,2-4H3;5,14-15,19-24,29H,2,4,6-13,16-17H2,1,3H3/t20-,21-,22+,23+,24+,25-,26+,27+;18-,19+,20+,21-,22+,23-,24+,25-,26+;18-,19-,20-,21+,22-,23+,24-,25+,26-;19-,20-,21+,22+,23+,24-,25+,26+/m0100/s1. The maximum absolute atomic E-state index is 10.9. The molecule has 13 heteroatoms. The molecule has 34 atom stereocenters. The Morgan fingerprint density at radius 2 is 0.669 bits per heavy atom. The number of hydrogen-bond donors (Lipinski definition) is 4. The molecule has 118 heavy (non-hydrogen) atoms. The van der Waals surface area contributed by atoms with Crippen LogP contribution in [0.4, 0.5) is 0 Å². The van der Waals surface area contributed by atoms with Crippen LogP contribution in [0.5, 0.6) is 0 Å². The fourth-order valence-corrected chi connectivity index (χ4v) is 34.7. The van der Waals surface area contributed by atoms with E-state index in [1.54, 1.807) is 6.20 Å². The molecular formula is C105H159N9O4. The molecule has 0 bridgehead atoms. The van der Waals surface area contributed by atoms with Gasteiger partial charge in [0.2, 0.25) is 0 Å². The molecule has 4 heterocycles. The van der Waals surface area contributed by atoms with Crippen molar-refractivity contribution in [3.8, 4) is 6.07 Å². The summed E-state index contributed by atoms with van der Waals surface area (Å²) < 4.78 is 8.04. The summed E-state index contributed by atoms with van der Waals surface area (Å²) in [5.41, 5.74) is 6.17. The van der Waals surface area contributed by atoms with Crippen LogP contribution in [0.15, 0.2) is 116 Å². The van der Waals surface area contributed by atoms with E-state index in [4.69, 9.17) is 5.26 Å². The Morgan fingerprint density at radius 3 is 0.958 bits per heavy atom. The van der Waals surface area contributed by atoms with Crippen LogP contribution in [-0.2, 0) is 26.2 Å². The second-order valence-electron chi connectivity index (χ2n) is 46.3. The van der Waals surface area contributed by atoms with Crippen LogP contribution in [0.1, 0.15) is 306 Å². The molecule has 0 spiro atoms. The zero-order valence-corrected chi connectivity index (χ0v) is 75.3. The van der Waals surface area contributed by atoms with Crippen molar-refractivity contribution in [2.75, 3.05) is 0 Å². The van der Waals surface area contributed by atoms with Gasteiger partial charge in [0.1, 0.15) is 6.07 Å². The highest BCUT2D eigenvalue weighted by Crippen LogP contribution is 2.71. The maximum Gasteiger partial charge on any atom is 0.102 e. The predicted octanol–water partition coefficient (Wildman–Crippen LogP) is 23.0. The van der Waals surface area contributed by atoms with Crippen LogP contribution in [0, 0.1) is 187 Å². The van der Waals surface area contributed by atoms with Crippen LogP contribution in [0.3, 0.4) is 0 Å². The van der Waals surface area contributed by atoms with E-state index in [2.05, 4.69) is 141 Å². The van der Waals surface area contributed by atoms with Crippen molar-refractivity contribution in [2.24, 2.45) is 176 Å². The first-order valence-corrected chi connectivity index (χ1v) is 49.3. The second kappa shape index (κ2) is 33.2. The SMILES string of the molecule is C=C(Cn1cc(C#N)cn1)[C@H]1CC[C@H]2[C@@H]3CC[C@H]4C[C@@](O)(CC)CC[C@@H]4[C@H]3CC[C@]12C.C=C(Cn1cccn1)[C@H]1CC[C@H]2[C@@H]3CC[C@H]4C[C@@](O)(CC)CC[C@@H]4[C@H]3CC[C@]12C.C=C(Cn1cccn1)[C@H]1CC[C@H]2[C@@H]3CC[C@H]4C[C@](C)(O)[C@@H](C)C[C@@H]4[C@H]3CC[C@]12C.C=C(Cn1cccn1)[C@H]1CC[C@H]2[C@@H]3CC[C@H]4C[C@](C)(O)[C@H](C)C[C@@H]4[C@H]3CC[C@]12C. The third-order valence-corrected chi connectivity index (χ3v) is 41.2. The third-order valence-electron chi connectivity index (χ3n) is 41.2. The van der Waals surface area contributed by atoms with Crippen LogP contribution in [-0.4, -0.2) is 82.0 Å². The van der Waals surface area contributed by atoms with Gasteiger partial charge in [-0.15, -0.1) is 0 Å². The van der Waals surface area contributed by atoms with Gasteiger partial charge in [-0.1, -0.05) is 104 Å². The first-order chi connectivity index (χ1) is 56.4. The molecule has 0 aromatic carbocycles. The summed E-state index contributed by atoms with van der Waals surface area (Å²) >= 11 is 0. The Labute approximate surface area is 713 Å². The normalized spacial score (nSPS) is 47.2. The summed E-state index contributed by atoms with van der Waals surface area (Å²) in [7, 11) is 0. The van der Waals surface area contributed by atoms with Crippen molar-refractivity contribution >= 4 is 0 Å². The van der Waals surface area contributed by atoms with Gasteiger partial charge < -0.3 is 20.4 Å². The highest BCUT2D eigenvalue weighted by molar-refractivity contribution is 5.25. The predicted molar refractivity (Wildman–Crippen MR) is 473 cm³/mol. The summed E-state index contributed by atoms with van der Waals surface area (Å²) in [6, 6.07) is 8.22. The smallest absolute Gasteiger partial charge is 0.102 e. The summed E-state index contributed by atoms with van der Waals surface area (Å²) in [6.45, 7) is 45.0. The van der Waals surface area contributed by atoms with Gasteiger partial charge in [-0.05, 0) is 439 Å². The molecule has 13 nitrogen and oxygen atoms in total. The Bertz CT molecular complexity index is 4040. The lowest BCUT2D eigenvalue weighted by Gasteiger charge is -2.58. The molecule has 20 rings (SSSR count). The van der Waals surface area contributed by atoms with Crippen molar-refractivity contribution in [2.45, 2.75) is 349 Å². The van der Waals surface area contributed by atoms with E-state index < -0.39 is 11.2 Å². The Kier molecular flexibility index (Phi) is 24.0. The van der Waals surface area contributed by atoms with E-state index in [0.29, 0.717) is 62.7 Å². The molecular weight excluding hydrogens is 1450 g/mol. The molecule has 16 fully saturated rings. The van der Waals surface area contributed by atoms with E-state index in [1.807, 2.05) is 61.7 Å². The number of rotatable bonds is 14. The summed E-state index contributed by atoms with van der Waals surface area (Å²) in [4.78, 5) is 0.